The molecule has 9 heteroatoms. The first-order valence-corrected chi connectivity index (χ1v) is 13.3. The van der Waals surface area contributed by atoms with Gasteiger partial charge in [-0.2, -0.15) is 4.31 Å². The lowest BCUT2D eigenvalue weighted by atomic mass is 9.97. The third-order valence-corrected chi connectivity index (χ3v) is 8.50. The number of sulfonamides is 1. The third-order valence-electron chi connectivity index (χ3n) is 6.44. The van der Waals surface area contributed by atoms with Gasteiger partial charge in [0.25, 0.3) is 0 Å². The number of nitrogens with zero attached hydrogens (tertiary/aromatic N) is 2. The van der Waals surface area contributed by atoms with E-state index in [1.807, 2.05) is 56.3 Å². The fourth-order valence-electron chi connectivity index (χ4n) is 4.36. The van der Waals surface area contributed by atoms with Gasteiger partial charge in [0, 0.05) is 24.7 Å². The average Bonchev–Trinajstić information content (AvgIpc) is 3.25. The molecule has 1 aliphatic rings. The van der Waals surface area contributed by atoms with Crippen molar-refractivity contribution in [1.29, 1.82) is 0 Å². The molecular formula is C27H31N3O5S. The Morgan fingerprint density at radius 2 is 1.78 bits per heavy atom. The molecule has 8 nitrogen and oxygen atoms in total. The molecule has 0 unspecified atom stereocenters. The summed E-state index contributed by atoms with van der Waals surface area (Å²) in [4.78, 5) is 12.9. The molecule has 2 heterocycles. The van der Waals surface area contributed by atoms with Crippen molar-refractivity contribution in [2.24, 2.45) is 5.92 Å². The van der Waals surface area contributed by atoms with Crippen molar-refractivity contribution in [3.8, 4) is 5.75 Å². The van der Waals surface area contributed by atoms with Gasteiger partial charge in [0.2, 0.25) is 15.9 Å². The van der Waals surface area contributed by atoms with Gasteiger partial charge >= 0.3 is 0 Å². The Morgan fingerprint density at radius 3 is 2.42 bits per heavy atom. The van der Waals surface area contributed by atoms with Crippen molar-refractivity contribution in [3.05, 3.63) is 70.6 Å². The fourth-order valence-corrected chi connectivity index (χ4v) is 6.08. The van der Waals surface area contributed by atoms with Gasteiger partial charge in [-0.25, -0.2) is 8.42 Å². The summed E-state index contributed by atoms with van der Waals surface area (Å²) in [6.45, 7) is 6.08. The summed E-state index contributed by atoms with van der Waals surface area (Å²) in [5, 5.41) is 6.90. The van der Waals surface area contributed by atoms with Crippen LogP contribution in [0.25, 0.3) is 12.2 Å². The van der Waals surface area contributed by atoms with Crippen LogP contribution in [0, 0.1) is 26.7 Å². The van der Waals surface area contributed by atoms with E-state index in [1.165, 1.54) is 4.31 Å². The first-order valence-electron chi connectivity index (χ1n) is 11.9. The van der Waals surface area contributed by atoms with Crippen molar-refractivity contribution in [1.82, 2.24) is 9.46 Å². The third kappa shape index (κ3) is 5.52. The van der Waals surface area contributed by atoms with E-state index in [1.54, 1.807) is 26.2 Å². The predicted octanol–water partition coefficient (Wildman–Crippen LogP) is 4.82. The number of benzene rings is 2. The number of anilines is 1. The number of rotatable bonds is 7. The number of carbonyl (C=O) groups excluding carboxylic acids is 1. The van der Waals surface area contributed by atoms with E-state index in [9.17, 15) is 13.2 Å². The zero-order chi connectivity index (χ0) is 25.9. The van der Waals surface area contributed by atoms with Crippen LogP contribution in [-0.4, -0.2) is 44.0 Å². The molecule has 0 bridgehead atoms. The summed E-state index contributed by atoms with van der Waals surface area (Å²) in [6, 6.07) is 13.2. The number of ether oxygens (including phenoxy) is 1. The lowest BCUT2D eigenvalue weighted by Gasteiger charge is -2.30. The molecular weight excluding hydrogens is 478 g/mol. The Morgan fingerprint density at radius 1 is 1.08 bits per heavy atom. The normalized spacial score (nSPS) is 15.3. The van der Waals surface area contributed by atoms with E-state index in [-0.39, 0.29) is 35.6 Å². The second-order valence-corrected chi connectivity index (χ2v) is 10.9. The lowest BCUT2D eigenvalue weighted by molar-refractivity contribution is -0.120. The Balaban J connectivity index is 1.44. The maximum Gasteiger partial charge on any atom is 0.248 e. The van der Waals surface area contributed by atoms with E-state index in [0.29, 0.717) is 18.5 Å². The van der Waals surface area contributed by atoms with Crippen molar-refractivity contribution in [3.63, 3.8) is 0 Å². The van der Waals surface area contributed by atoms with Crippen molar-refractivity contribution in [2.45, 2.75) is 38.5 Å². The molecule has 0 radical (unpaired) electrons. The molecule has 36 heavy (non-hydrogen) atoms. The minimum atomic E-state index is -3.84. The van der Waals surface area contributed by atoms with Crippen LogP contribution in [-0.2, 0) is 14.8 Å². The number of amides is 1. The maximum atomic E-state index is 13.5. The number of hydrogen-bond donors (Lipinski definition) is 1. The molecule has 1 amide bonds. The van der Waals surface area contributed by atoms with Gasteiger partial charge < -0.3 is 14.6 Å². The maximum absolute atomic E-state index is 13.5. The molecule has 1 fully saturated rings. The molecule has 1 saturated heterocycles. The van der Waals surface area contributed by atoms with Crippen LogP contribution in [0.2, 0.25) is 0 Å². The second-order valence-electron chi connectivity index (χ2n) is 9.05. The van der Waals surface area contributed by atoms with Crippen LogP contribution in [0.3, 0.4) is 0 Å². The van der Waals surface area contributed by atoms with Crippen molar-refractivity contribution >= 4 is 33.8 Å². The van der Waals surface area contributed by atoms with Gasteiger partial charge in [-0.3, -0.25) is 4.79 Å². The summed E-state index contributed by atoms with van der Waals surface area (Å²) in [7, 11) is -2.24. The number of carbonyl (C=O) groups is 1. The number of methoxy groups -OCH3 is 1. The first-order chi connectivity index (χ1) is 17.2. The molecule has 1 N–H and O–H groups in total. The van der Waals surface area contributed by atoms with E-state index in [0.717, 1.165) is 28.1 Å². The van der Waals surface area contributed by atoms with Gasteiger partial charge in [0.15, 0.2) is 10.7 Å². The minimum Gasteiger partial charge on any atom is -0.497 e. The zero-order valence-corrected chi connectivity index (χ0v) is 21.8. The van der Waals surface area contributed by atoms with Crippen LogP contribution >= 0.6 is 0 Å². The Bertz CT molecular complexity index is 1370. The first kappa shape index (κ1) is 25.7. The van der Waals surface area contributed by atoms with Gasteiger partial charge in [0.05, 0.1) is 7.11 Å². The van der Waals surface area contributed by atoms with Crippen molar-refractivity contribution in [2.75, 3.05) is 25.5 Å². The van der Waals surface area contributed by atoms with Gasteiger partial charge in [-0.1, -0.05) is 41.1 Å². The molecule has 2 aromatic carbocycles. The van der Waals surface area contributed by atoms with E-state index in [4.69, 9.17) is 9.26 Å². The quantitative estimate of drug-likeness (QED) is 0.490. The Hall–Kier alpha value is -3.43. The van der Waals surface area contributed by atoms with Crippen molar-refractivity contribution < 1.29 is 22.5 Å². The van der Waals surface area contributed by atoms with Crippen LogP contribution in [0.1, 0.15) is 41.0 Å². The summed E-state index contributed by atoms with van der Waals surface area (Å²) in [5.74, 6) is 0.577. The molecule has 0 atom stereocenters. The van der Waals surface area contributed by atoms with Crippen LogP contribution < -0.4 is 10.1 Å². The summed E-state index contributed by atoms with van der Waals surface area (Å²) < 4.78 is 38.9. The molecule has 4 rings (SSSR count). The smallest absolute Gasteiger partial charge is 0.248 e. The highest BCUT2D eigenvalue weighted by molar-refractivity contribution is 7.89. The number of aromatic nitrogens is 1. The standard InChI is InChI=1S/C27H31N3O5S/c1-18-5-11-24(19(2)17-18)28-27(31)22-13-15-30(16-14-22)36(32,33)26-20(3)29-35-25(26)12-8-21-6-9-23(34-4)10-7-21/h5-12,17,22H,13-16H2,1-4H3,(H,28,31). The topological polar surface area (TPSA) is 102 Å². The molecule has 1 aromatic heterocycles. The van der Waals surface area contributed by atoms with Gasteiger partial charge in [-0.05, 0) is 69.0 Å². The molecule has 0 saturated carbocycles. The van der Waals surface area contributed by atoms with Crippen LogP contribution in [0.15, 0.2) is 51.9 Å². The highest BCUT2D eigenvalue weighted by Gasteiger charge is 2.36. The van der Waals surface area contributed by atoms with Crippen LogP contribution in [0.5, 0.6) is 5.75 Å². The fraction of sp³-hybridized carbons (Fsp3) is 0.333. The highest BCUT2D eigenvalue weighted by atomic mass is 32.2. The average molecular weight is 510 g/mol. The monoisotopic (exact) mass is 509 g/mol. The summed E-state index contributed by atoms with van der Waals surface area (Å²) in [5.41, 5.74) is 4.09. The minimum absolute atomic E-state index is 0.0606. The number of aryl methyl sites for hydroxylation is 3. The van der Waals surface area contributed by atoms with E-state index < -0.39 is 10.0 Å². The summed E-state index contributed by atoms with van der Waals surface area (Å²) >= 11 is 0. The summed E-state index contributed by atoms with van der Waals surface area (Å²) in [6.07, 6.45) is 4.26. The highest BCUT2D eigenvalue weighted by Crippen LogP contribution is 2.30. The number of piperidine rings is 1. The van der Waals surface area contributed by atoms with Gasteiger partial charge in [0.1, 0.15) is 11.4 Å². The molecule has 1 aliphatic heterocycles. The number of nitrogens with one attached hydrogen (secondary N) is 1. The molecule has 190 valence electrons. The SMILES string of the molecule is COc1ccc(C=Cc2onc(C)c2S(=O)(=O)N2CCC(C(=O)Nc3ccc(C)cc3C)CC2)cc1. The van der Waals surface area contributed by atoms with Gasteiger partial charge in [-0.15, -0.1) is 0 Å². The van der Waals surface area contributed by atoms with Crippen LogP contribution in [0.4, 0.5) is 5.69 Å². The second kappa shape index (κ2) is 10.7. The molecule has 0 spiro atoms. The largest absolute Gasteiger partial charge is 0.497 e. The Labute approximate surface area is 212 Å². The van der Waals surface area contributed by atoms with E-state index in [2.05, 4.69) is 10.5 Å². The zero-order valence-electron chi connectivity index (χ0n) is 20.9. The molecule has 3 aromatic rings. The lowest BCUT2D eigenvalue weighted by Crippen LogP contribution is -2.41. The number of hydrogen-bond acceptors (Lipinski definition) is 6. The van der Waals surface area contributed by atoms with E-state index >= 15 is 0 Å². The predicted molar refractivity (Wildman–Crippen MR) is 139 cm³/mol. The molecule has 0 aliphatic carbocycles. The Kier molecular flexibility index (Phi) is 7.61.